The zero-order valence-corrected chi connectivity index (χ0v) is 9.88. The van der Waals surface area contributed by atoms with Crippen molar-refractivity contribution < 1.29 is 14.3 Å². The van der Waals surface area contributed by atoms with E-state index in [4.69, 9.17) is 4.42 Å². The maximum atomic E-state index is 12.2. The number of hydrogen-bond donors (Lipinski definition) is 1. The maximum absolute atomic E-state index is 12.2. The number of carbonyl (C=O) groups is 1. The average molecular weight is 233 g/mol. The predicted octanol–water partition coefficient (Wildman–Crippen LogP) is 1.54. The first-order valence-electron chi connectivity index (χ1n) is 5.42. The molecular formula is C13H15NO3. The van der Waals surface area contributed by atoms with Crippen LogP contribution in [0.5, 0.6) is 0 Å². The third-order valence-corrected chi connectivity index (χ3v) is 2.84. The largest absolute Gasteiger partial charge is 0.464 e. The Bertz CT molecular complexity index is 530. The van der Waals surface area contributed by atoms with Crippen LogP contribution >= 0.6 is 0 Å². The van der Waals surface area contributed by atoms with Gasteiger partial charge in [-0.1, -0.05) is 0 Å². The number of rotatable bonds is 4. The van der Waals surface area contributed by atoms with E-state index in [1.165, 1.54) is 0 Å². The van der Waals surface area contributed by atoms with Crippen LogP contribution in [0.1, 0.15) is 10.4 Å². The zero-order chi connectivity index (χ0) is 12.4. The van der Waals surface area contributed by atoms with Gasteiger partial charge in [0.1, 0.15) is 5.58 Å². The zero-order valence-electron chi connectivity index (χ0n) is 9.88. The Hall–Kier alpha value is -1.65. The molecule has 1 atom stereocenters. The van der Waals surface area contributed by atoms with Crippen LogP contribution in [0.15, 0.2) is 34.9 Å². The van der Waals surface area contributed by atoms with E-state index < -0.39 is 6.04 Å². The van der Waals surface area contributed by atoms with E-state index in [2.05, 4.69) is 0 Å². The second kappa shape index (κ2) is 4.69. The summed E-state index contributed by atoms with van der Waals surface area (Å²) in [6, 6.07) is 6.59. The van der Waals surface area contributed by atoms with Gasteiger partial charge in [-0.3, -0.25) is 9.69 Å². The molecule has 17 heavy (non-hydrogen) atoms. The summed E-state index contributed by atoms with van der Waals surface area (Å²) in [4.78, 5) is 13.9. The van der Waals surface area contributed by atoms with Crippen molar-refractivity contribution in [3.8, 4) is 0 Å². The van der Waals surface area contributed by atoms with Crippen molar-refractivity contribution in [2.45, 2.75) is 6.04 Å². The molecule has 1 heterocycles. The number of likely N-dealkylation sites (N-methyl/N-ethyl adjacent to an activating group) is 1. The lowest BCUT2D eigenvalue weighted by Gasteiger charge is -2.20. The summed E-state index contributed by atoms with van der Waals surface area (Å²) in [6.07, 6.45) is 1.59. The van der Waals surface area contributed by atoms with Crippen LogP contribution in [0.25, 0.3) is 11.0 Å². The molecule has 0 aliphatic rings. The molecule has 90 valence electrons. The van der Waals surface area contributed by atoms with Crippen molar-refractivity contribution in [1.82, 2.24) is 4.90 Å². The van der Waals surface area contributed by atoms with Crippen molar-refractivity contribution >= 4 is 16.8 Å². The molecule has 1 aromatic carbocycles. The summed E-state index contributed by atoms with van der Waals surface area (Å²) in [7, 11) is 3.55. The summed E-state index contributed by atoms with van der Waals surface area (Å²) in [6.45, 7) is -0.185. The number of benzene rings is 1. The first-order chi connectivity index (χ1) is 8.13. The molecular weight excluding hydrogens is 218 g/mol. The fraction of sp³-hybridized carbons (Fsp3) is 0.308. The summed E-state index contributed by atoms with van der Waals surface area (Å²) in [5, 5.41) is 10.1. The van der Waals surface area contributed by atoms with Gasteiger partial charge >= 0.3 is 0 Å². The molecule has 2 aromatic rings. The van der Waals surface area contributed by atoms with E-state index in [0.717, 1.165) is 11.0 Å². The molecule has 0 radical (unpaired) electrons. The molecule has 1 unspecified atom stereocenters. The van der Waals surface area contributed by atoms with Crippen LogP contribution in [-0.4, -0.2) is 42.5 Å². The Morgan fingerprint density at radius 1 is 1.41 bits per heavy atom. The smallest absolute Gasteiger partial charge is 0.182 e. The van der Waals surface area contributed by atoms with Gasteiger partial charge < -0.3 is 9.52 Å². The van der Waals surface area contributed by atoms with Gasteiger partial charge in [-0.05, 0) is 38.4 Å². The Morgan fingerprint density at radius 3 is 2.82 bits per heavy atom. The summed E-state index contributed by atoms with van der Waals surface area (Å²) in [5.74, 6) is -0.0828. The lowest BCUT2D eigenvalue weighted by molar-refractivity contribution is 0.0793. The van der Waals surface area contributed by atoms with E-state index in [-0.39, 0.29) is 12.4 Å². The molecule has 4 heteroatoms. The number of fused-ring (bicyclic) bond motifs is 1. The highest BCUT2D eigenvalue weighted by Gasteiger charge is 2.21. The van der Waals surface area contributed by atoms with Crippen LogP contribution in [-0.2, 0) is 0 Å². The van der Waals surface area contributed by atoms with Crippen LogP contribution in [0.4, 0.5) is 0 Å². The van der Waals surface area contributed by atoms with Gasteiger partial charge in [-0.15, -0.1) is 0 Å². The minimum absolute atomic E-state index is 0.0828. The second-order valence-corrected chi connectivity index (χ2v) is 4.20. The number of ketones is 1. The maximum Gasteiger partial charge on any atom is 0.182 e. The monoisotopic (exact) mass is 233 g/mol. The normalized spacial score (nSPS) is 13.2. The molecule has 0 saturated carbocycles. The molecule has 0 aliphatic carbocycles. The van der Waals surface area contributed by atoms with Gasteiger partial charge in [0.25, 0.3) is 0 Å². The Morgan fingerprint density at radius 2 is 2.18 bits per heavy atom. The molecule has 0 fully saturated rings. The third-order valence-electron chi connectivity index (χ3n) is 2.84. The van der Waals surface area contributed by atoms with Crippen molar-refractivity contribution in [2.24, 2.45) is 0 Å². The highest BCUT2D eigenvalue weighted by molar-refractivity contribution is 6.02. The van der Waals surface area contributed by atoms with Crippen molar-refractivity contribution in [2.75, 3.05) is 20.7 Å². The van der Waals surface area contributed by atoms with Crippen molar-refractivity contribution in [1.29, 1.82) is 0 Å². The number of Topliss-reactive ketones (excluding diaryl/α,β-unsaturated/α-hetero) is 1. The Kier molecular flexibility index (Phi) is 3.26. The summed E-state index contributed by atoms with van der Waals surface area (Å²) in [5.41, 5.74) is 1.35. The van der Waals surface area contributed by atoms with Crippen LogP contribution < -0.4 is 0 Å². The molecule has 0 aliphatic heterocycles. The van der Waals surface area contributed by atoms with Crippen molar-refractivity contribution in [3.05, 3.63) is 36.1 Å². The number of hydrogen-bond acceptors (Lipinski definition) is 4. The van der Waals surface area contributed by atoms with Gasteiger partial charge in [0.05, 0.1) is 18.9 Å². The van der Waals surface area contributed by atoms with Gasteiger partial charge in [-0.25, -0.2) is 0 Å². The minimum Gasteiger partial charge on any atom is -0.464 e. The first kappa shape index (κ1) is 11.8. The van der Waals surface area contributed by atoms with E-state index in [0.29, 0.717) is 5.56 Å². The number of nitrogens with zero attached hydrogens (tertiary/aromatic N) is 1. The second-order valence-electron chi connectivity index (χ2n) is 4.20. The van der Waals surface area contributed by atoms with E-state index in [1.54, 1.807) is 43.5 Å². The highest BCUT2D eigenvalue weighted by atomic mass is 16.3. The minimum atomic E-state index is -0.501. The van der Waals surface area contributed by atoms with Crippen LogP contribution in [0.2, 0.25) is 0 Å². The van der Waals surface area contributed by atoms with Crippen LogP contribution in [0.3, 0.4) is 0 Å². The fourth-order valence-corrected chi connectivity index (χ4v) is 1.79. The highest BCUT2D eigenvalue weighted by Crippen LogP contribution is 2.18. The topological polar surface area (TPSA) is 53.7 Å². The first-order valence-corrected chi connectivity index (χ1v) is 5.42. The van der Waals surface area contributed by atoms with E-state index in [9.17, 15) is 9.90 Å². The molecule has 2 rings (SSSR count). The Balaban J connectivity index is 2.35. The molecule has 1 aromatic heterocycles. The third kappa shape index (κ3) is 2.23. The van der Waals surface area contributed by atoms with Gasteiger partial charge in [0, 0.05) is 10.9 Å². The lowest BCUT2D eigenvalue weighted by Crippen LogP contribution is -2.38. The average Bonchev–Trinajstić information content (AvgIpc) is 2.75. The Labute approximate surface area is 99.4 Å². The number of aliphatic hydroxyl groups excluding tert-OH is 1. The van der Waals surface area contributed by atoms with Gasteiger partial charge in [-0.2, -0.15) is 0 Å². The molecule has 0 bridgehead atoms. The number of aliphatic hydroxyl groups is 1. The molecule has 0 saturated heterocycles. The molecule has 1 N–H and O–H groups in total. The van der Waals surface area contributed by atoms with Crippen molar-refractivity contribution in [3.63, 3.8) is 0 Å². The fourth-order valence-electron chi connectivity index (χ4n) is 1.79. The van der Waals surface area contributed by atoms with Crippen LogP contribution in [0, 0.1) is 0 Å². The quantitative estimate of drug-likeness (QED) is 0.814. The number of carbonyl (C=O) groups excluding carboxylic acids is 1. The lowest BCUT2D eigenvalue weighted by atomic mass is 10.0. The van der Waals surface area contributed by atoms with E-state index in [1.807, 2.05) is 6.07 Å². The summed E-state index contributed by atoms with van der Waals surface area (Å²) >= 11 is 0. The van der Waals surface area contributed by atoms with E-state index >= 15 is 0 Å². The number of furan rings is 1. The SMILES string of the molecule is CN(C)C(CO)C(=O)c1ccc2occc2c1. The summed E-state index contributed by atoms with van der Waals surface area (Å²) < 4.78 is 5.22. The predicted molar refractivity (Wildman–Crippen MR) is 65.1 cm³/mol. The molecule has 4 nitrogen and oxygen atoms in total. The van der Waals surface area contributed by atoms with Gasteiger partial charge in [0.15, 0.2) is 5.78 Å². The standard InChI is InChI=1S/C13H15NO3/c1-14(2)11(8-15)13(16)10-3-4-12-9(7-10)5-6-17-12/h3-7,11,15H,8H2,1-2H3. The van der Waals surface area contributed by atoms with Gasteiger partial charge in [0.2, 0.25) is 0 Å². The molecule has 0 amide bonds. The molecule has 0 spiro atoms.